The molecule has 0 saturated carbocycles. The molecule has 1 fully saturated rings. The van der Waals surface area contributed by atoms with Crippen molar-refractivity contribution in [1.29, 1.82) is 0 Å². The van der Waals surface area contributed by atoms with Gasteiger partial charge in [-0.25, -0.2) is 9.59 Å². The van der Waals surface area contributed by atoms with Gasteiger partial charge in [0.05, 0.1) is 11.6 Å². The molecule has 3 N–H and O–H groups in total. The van der Waals surface area contributed by atoms with Crippen LogP contribution >= 0.6 is 35.0 Å². The third-order valence-electron chi connectivity index (χ3n) is 5.62. The fourth-order valence-electron chi connectivity index (χ4n) is 4.06. The first-order valence-electron chi connectivity index (χ1n) is 10.7. The van der Waals surface area contributed by atoms with Gasteiger partial charge in [0, 0.05) is 65.7 Å². The highest BCUT2D eigenvalue weighted by atomic mass is 35.5. The number of β-amino-alcohol motifs (C(OH)–C–C–N with tert-alkyl or cyclic N) is 1. The summed E-state index contributed by atoms with van der Waals surface area (Å²) in [5, 5.41) is 26.2. The van der Waals surface area contributed by atoms with Crippen molar-refractivity contribution < 1.29 is 24.9 Å². The molecule has 10 heteroatoms. The molecule has 1 atom stereocenters. The molecule has 4 rings (SSSR count). The number of aliphatic hydroxyl groups excluding tert-OH is 1. The molecule has 0 aromatic heterocycles. The van der Waals surface area contributed by atoms with Gasteiger partial charge in [0.2, 0.25) is 0 Å². The number of halogens is 2. The number of rotatable bonds is 5. The minimum absolute atomic E-state index is 0.229. The molecule has 182 valence electrons. The van der Waals surface area contributed by atoms with Crippen LogP contribution in [0.1, 0.15) is 17.2 Å². The van der Waals surface area contributed by atoms with Crippen molar-refractivity contribution in [3.8, 4) is 0 Å². The first-order chi connectivity index (χ1) is 16.3. The van der Waals surface area contributed by atoms with E-state index in [9.17, 15) is 14.7 Å². The van der Waals surface area contributed by atoms with Crippen molar-refractivity contribution in [3.05, 3.63) is 69.7 Å². The molecule has 2 aromatic carbocycles. The van der Waals surface area contributed by atoms with E-state index >= 15 is 0 Å². The van der Waals surface area contributed by atoms with Crippen LogP contribution in [-0.4, -0.2) is 76.4 Å². The standard InChI is InChI=1S/C20H22Cl2N2OS.C4H4O4/c21-15-11-14-12-18(24-7-5-23(6-8-24)9-10-25)16-3-1-2-4-19(16)26-20(14)17(22)13-15;5-3(6)1-2-4(7)8/h1-4,11,13,18,25H,5-10,12H2;1-2H,(H,5,6)(H,7,8)/b;2-1-. The smallest absolute Gasteiger partial charge is 0.328 e. The van der Waals surface area contributed by atoms with Gasteiger partial charge in [-0.1, -0.05) is 53.2 Å². The summed E-state index contributed by atoms with van der Waals surface area (Å²) in [7, 11) is 0. The minimum Gasteiger partial charge on any atom is -0.478 e. The lowest BCUT2D eigenvalue weighted by atomic mass is 9.96. The monoisotopic (exact) mass is 524 g/mol. The third kappa shape index (κ3) is 7.21. The van der Waals surface area contributed by atoms with Crippen LogP contribution in [0.5, 0.6) is 0 Å². The number of hydrogen-bond acceptors (Lipinski definition) is 6. The summed E-state index contributed by atoms with van der Waals surface area (Å²) in [4.78, 5) is 26.4. The minimum atomic E-state index is -1.26. The molecular formula is C24H26Cl2N2O5S. The van der Waals surface area contributed by atoms with Crippen molar-refractivity contribution in [3.63, 3.8) is 0 Å². The molecule has 1 saturated heterocycles. The highest BCUT2D eigenvalue weighted by Gasteiger charge is 2.30. The van der Waals surface area contributed by atoms with Crippen molar-refractivity contribution in [2.45, 2.75) is 22.3 Å². The van der Waals surface area contributed by atoms with Crippen molar-refractivity contribution in [2.75, 3.05) is 39.3 Å². The predicted molar refractivity (Wildman–Crippen MR) is 133 cm³/mol. The Balaban J connectivity index is 0.000000350. The number of carboxylic acids is 2. The second-order valence-corrected chi connectivity index (χ2v) is 9.74. The average molecular weight is 525 g/mol. The van der Waals surface area contributed by atoms with Crippen LogP contribution in [0.4, 0.5) is 0 Å². The van der Waals surface area contributed by atoms with Crippen LogP contribution in [-0.2, 0) is 16.0 Å². The quantitative estimate of drug-likeness (QED) is 0.503. The van der Waals surface area contributed by atoms with Crippen molar-refractivity contribution >= 4 is 46.9 Å². The lowest BCUT2D eigenvalue weighted by molar-refractivity contribution is -0.134. The number of carbonyl (C=O) groups is 2. The SMILES string of the molecule is O=C(O)/C=C\C(=O)O.OCCN1CCN(C2Cc3cc(Cl)cc(Cl)c3Sc3ccccc32)CC1. The van der Waals surface area contributed by atoms with Gasteiger partial charge in [-0.3, -0.25) is 9.80 Å². The van der Waals surface area contributed by atoms with Gasteiger partial charge in [0.15, 0.2) is 0 Å². The highest BCUT2D eigenvalue weighted by molar-refractivity contribution is 7.99. The molecule has 2 aliphatic rings. The Morgan fingerprint density at radius 1 is 1.03 bits per heavy atom. The van der Waals surface area contributed by atoms with Crippen LogP contribution in [0.25, 0.3) is 0 Å². The number of piperazine rings is 1. The Morgan fingerprint density at radius 3 is 2.29 bits per heavy atom. The molecule has 0 amide bonds. The average Bonchev–Trinajstić information content (AvgIpc) is 2.96. The molecule has 2 heterocycles. The van der Waals surface area contributed by atoms with Crippen LogP contribution in [0, 0.1) is 0 Å². The van der Waals surface area contributed by atoms with Gasteiger partial charge in [-0.05, 0) is 35.7 Å². The lowest BCUT2D eigenvalue weighted by Crippen LogP contribution is -2.48. The third-order valence-corrected chi connectivity index (χ3v) is 7.53. The first-order valence-corrected chi connectivity index (χ1v) is 12.3. The van der Waals surface area contributed by atoms with E-state index in [1.807, 2.05) is 6.07 Å². The Labute approximate surface area is 212 Å². The van der Waals surface area contributed by atoms with Gasteiger partial charge < -0.3 is 15.3 Å². The number of aliphatic hydroxyl groups is 1. The van der Waals surface area contributed by atoms with Crippen molar-refractivity contribution in [1.82, 2.24) is 9.80 Å². The lowest BCUT2D eigenvalue weighted by Gasteiger charge is -2.39. The van der Waals surface area contributed by atoms with Crippen LogP contribution in [0.2, 0.25) is 10.0 Å². The second kappa shape index (κ2) is 12.6. The number of carboxylic acid groups (broad SMARTS) is 2. The molecule has 1 unspecified atom stereocenters. The van der Waals surface area contributed by atoms with Gasteiger partial charge in [-0.15, -0.1) is 0 Å². The van der Waals surface area contributed by atoms with E-state index in [0.29, 0.717) is 23.2 Å². The molecule has 0 bridgehead atoms. The first kappa shape index (κ1) is 26.5. The van der Waals surface area contributed by atoms with E-state index < -0.39 is 11.9 Å². The van der Waals surface area contributed by atoms with Gasteiger partial charge in [0.25, 0.3) is 0 Å². The normalized spacial score (nSPS) is 18.4. The van der Waals surface area contributed by atoms with Gasteiger partial charge in [0.1, 0.15) is 0 Å². The molecule has 0 radical (unpaired) electrons. The topological polar surface area (TPSA) is 101 Å². The van der Waals surface area contributed by atoms with Crippen LogP contribution in [0.15, 0.2) is 58.3 Å². The van der Waals surface area contributed by atoms with Gasteiger partial charge in [-0.2, -0.15) is 0 Å². The van der Waals surface area contributed by atoms with E-state index in [4.69, 9.17) is 33.4 Å². The number of benzene rings is 2. The van der Waals surface area contributed by atoms with Crippen molar-refractivity contribution in [2.24, 2.45) is 0 Å². The summed E-state index contributed by atoms with van der Waals surface area (Å²) < 4.78 is 0. The zero-order valence-corrected chi connectivity index (χ0v) is 20.7. The summed E-state index contributed by atoms with van der Waals surface area (Å²) in [6, 6.07) is 12.9. The molecule has 0 aliphatic carbocycles. The summed E-state index contributed by atoms with van der Waals surface area (Å²) in [5.41, 5.74) is 2.60. The Hall–Kier alpha value is -2.07. The number of aliphatic carboxylic acids is 2. The van der Waals surface area contributed by atoms with E-state index in [2.05, 4.69) is 40.1 Å². The number of hydrogen-bond donors (Lipinski definition) is 3. The van der Waals surface area contributed by atoms with E-state index in [0.717, 1.165) is 49.1 Å². The Kier molecular flexibility index (Phi) is 9.82. The van der Waals surface area contributed by atoms with E-state index in [1.54, 1.807) is 11.8 Å². The van der Waals surface area contributed by atoms with E-state index in [-0.39, 0.29) is 6.61 Å². The predicted octanol–water partition coefficient (Wildman–Crippen LogP) is 4.06. The van der Waals surface area contributed by atoms with Gasteiger partial charge >= 0.3 is 11.9 Å². The van der Waals surface area contributed by atoms with Crippen LogP contribution in [0.3, 0.4) is 0 Å². The second-order valence-electron chi connectivity index (χ2n) is 7.85. The molecule has 0 spiro atoms. The molecular weight excluding hydrogens is 499 g/mol. The maximum atomic E-state index is 9.55. The Morgan fingerprint density at radius 2 is 1.68 bits per heavy atom. The zero-order valence-electron chi connectivity index (χ0n) is 18.4. The fraction of sp³-hybridized carbons (Fsp3) is 0.333. The summed E-state index contributed by atoms with van der Waals surface area (Å²) in [5.74, 6) is -2.51. The molecule has 2 aliphatic heterocycles. The summed E-state index contributed by atoms with van der Waals surface area (Å²) in [6.07, 6.45) is 2.03. The summed E-state index contributed by atoms with van der Waals surface area (Å²) in [6.45, 7) is 5.00. The summed E-state index contributed by atoms with van der Waals surface area (Å²) >= 11 is 14.6. The number of nitrogens with zero attached hydrogens (tertiary/aromatic N) is 2. The molecule has 2 aromatic rings. The number of fused-ring (bicyclic) bond motifs is 2. The van der Waals surface area contributed by atoms with Crippen LogP contribution < -0.4 is 0 Å². The van der Waals surface area contributed by atoms with E-state index in [1.165, 1.54) is 16.0 Å². The molecule has 34 heavy (non-hydrogen) atoms. The molecule has 7 nitrogen and oxygen atoms in total. The maximum Gasteiger partial charge on any atom is 0.328 e. The highest BCUT2D eigenvalue weighted by Crippen LogP contribution is 2.46. The fourth-order valence-corrected chi connectivity index (χ4v) is 5.83. The zero-order chi connectivity index (χ0) is 24.7. The maximum absolute atomic E-state index is 9.55. The largest absolute Gasteiger partial charge is 0.478 e. The Bertz CT molecular complexity index is 1040.